The van der Waals surface area contributed by atoms with Crippen LogP contribution in [0.25, 0.3) is 0 Å². The second-order valence-electron chi connectivity index (χ2n) is 6.15. The molecule has 1 saturated heterocycles. The van der Waals surface area contributed by atoms with Crippen molar-refractivity contribution >= 4 is 5.69 Å². The first-order chi connectivity index (χ1) is 8.50. The predicted octanol–water partition coefficient (Wildman–Crippen LogP) is 3.36. The fourth-order valence-electron chi connectivity index (χ4n) is 3.48. The molecule has 18 heavy (non-hydrogen) atoms. The molecule has 3 rings (SSSR count). The summed E-state index contributed by atoms with van der Waals surface area (Å²) in [6, 6.07) is 5.75. The molecule has 1 N–H and O–H groups in total. The first kappa shape index (κ1) is 12.0. The Hall–Kier alpha value is -1.09. The molecule has 98 valence electrons. The Labute approximate surface area is 108 Å². The van der Waals surface area contributed by atoms with Gasteiger partial charge in [0.25, 0.3) is 0 Å². The molecule has 0 amide bonds. The number of hydrogen-bond acceptors (Lipinski definition) is 2. The molecule has 3 heteroatoms. The summed E-state index contributed by atoms with van der Waals surface area (Å²) >= 11 is 0. The van der Waals surface area contributed by atoms with Crippen LogP contribution in [-0.2, 0) is 4.74 Å². The Bertz CT molecular complexity index is 472. The summed E-state index contributed by atoms with van der Waals surface area (Å²) in [4.78, 5) is 0. The molecule has 0 spiro atoms. The van der Waals surface area contributed by atoms with Crippen LogP contribution in [0.1, 0.15) is 25.8 Å². The minimum atomic E-state index is -0.142. The standard InChI is InChI=1S/C15H20FNO/c1-9-4-5-10(8-12(9)16)17-13-11-6-7-18-14(11)15(13,2)3/h4-5,8,11,13-14,17H,6-7H2,1-3H3. The molecular weight excluding hydrogens is 229 g/mol. The number of aryl methyl sites for hydroxylation is 1. The number of fused-ring (bicyclic) bond motifs is 1. The van der Waals surface area contributed by atoms with E-state index < -0.39 is 0 Å². The second-order valence-corrected chi connectivity index (χ2v) is 6.15. The lowest BCUT2D eigenvalue weighted by atomic mass is 9.57. The molecule has 0 bridgehead atoms. The average Bonchev–Trinajstić information content (AvgIpc) is 2.77. The monoisotopic (exact) mass is 249 g/mol. The molecule has 1 saturated carbocycles. The Morgan fingerprint density at radius 1 is 1.39 bits per heavy atom. The summed E-state index contributed by atoms with van der Waals surface area (Å²) in [5, 5.41) is 3.49. The number of rotatable bonds is 2. The second kappa shape index (κ2) is 3.95. The maximum Gasteiger partial charge on any atom is 0.128 e. The van der Waals surface area contributed by atoms with Gasteiger partial charge < -0.3 is 10.1 Å². The van der Waals surface area contributed by atoms with Gasteiger partial charge in [0, 0.05) is 29.7 Å². The molecule has 1 aliphatic carbocycles. The highest BCUT2D eigenvalue weighted by molar-refractivity contribution is 5.47. The molecule has 2 nitrogen and oxygen atoms in total. The fraction of sp³-hybridized carbons (Fsp3) is 0.600. The summed E-state index contributed by atoms with van der Waals surface area (Å²) in [7, 11) is 0. The zero-order valence-corrected chi connectivity index (χ0v) is 11.2. The smallest absolute Gasteiger partial charge is 0.128 e. The summed E-state index contributed by atoms with van der Waals surface area (Å²) in [6.45, 7) is 7.09. The van der Waals surface area contributed by atoms with Gasteiger partial charge in [0.2, 0.25) is 0 Å². The molecule has 2 aliphatic rings. The minimum Gasteiger partial charge on any atom is -0.381 e. The molecule has 3 atom stereocenters. The maximum atomic E-state index is 13.5. The van der Waals surface area contributed by atoms with E-state index in [1.165, 1.54) is 0 Å². The topological polar surface area (TPSA) is 21.3 Å². The molecule has 0 radical (unpaired) electrons. The SMILES string of the molecule is Cc1ccc(NC2C3CCOC3C2(C)C)cc1F. The Balaban J connectivity index is 1.78. The Kier molecular flexibility index (Phi) is 2.63. The van der Waals surface area contributed by atoms with Gasteiger partial charge in [-0.25, -0.2) is 4.39 Å². The lowest BCUT2D eigenvalue weighted by Crippen LogP contribution is -2.63. The van der Waals surface area contributed by atoms with Crippen molar-refractivity contribution in [3.8, 4) is 0 Å². The van der Waals surface area contributed by atoms with Gasteiger partial charge in [-0.05, 0) is 31.0 Å². The van der Waals surface area contributed by atoms with Crippen LogP contribution >= 0.6 is 0 Å². The van der Waals surface area contributed by atoms with Crippen molar-refractivity contribution in [2.75, 3.05) is 11.9 Å². The molecule has 1 aliphatic heterocycles. The van der Waals surface area contributed by atoms with Crippen LogP contribution in [0.4, 0.5) is 10.1 Å². The van der Waals surface area contributed by atoms with Gasteiger partial charge in [0.05, 0.1) is 6.10 Å². The molecule has 3 unspecified atom stereocenters. The van der Waals surface area contributed by atoms with Crippen LogP contribution in [0.3, 0.4) is 0 Å². The first-order valence-electron chi connectivity index (χ1n) is 6.64. The maximum absolute atomic E-state index is 13.5. The lowest BCUT2D eigenvalue weighted by molar-refractivity contribution is -0.0923. The van der Waals surface area contributed by atoms with Crippen molar-refractivity contribution in [3.63, 3.8) is 0 Å². The van der Waals surface area contributed by atoms with Gasteiger partial charge in [0.15, 0.2) is 0 Å². The third-order valence-electron chi connectivity index (χ3n) is 4.59. The summed E-state index contributed by atoms with van der Waals surface area (Å²) in [5.74, 6) is 0.431. The highest BCUT2D eigenvalue weighted by Crippen LogP contribution is 2.53. The van der Waals surface area contributed by atoms with Crippen molar-refractivity contribution < 1.29 is 9.13 Å². The quantitative estimate of drug-likeness (QED) is 0.867. The third-order valence-corrected chi connectivity index (χ3v) is 4.59. The zero-order chi connectivity index (χ0) is 12.9. The van der Waals surface area contributed by atoms with Gasteiger partial charge in [0.1, 0.15) is 5.82 Å². The first-order valence-corrected chi connectivity index (χ1v) is 6.64. The third kappa shape index (κ3) is 1.64. The van der Waals surface area contributed by atoms with Gasteiger partial charge >= 0.3 is 0 Å². The summed E-state index contributed by atoms with van der Waals surface area (Å²) < 4.78 is 19.3. The van der Waals surface area contributed by atoms with E-state index in [9.17, 15) is 4.39 Å². The predicted molar refractivity (Wildman–Crippen MR) is 70.2 cm³/mol. The summed E-state index contributed by atoms with van der Waals surface area (Å²) in [5.41, 5.74) is 1.69. The fourth-order valence-corrected chi connectivity index (χ4v) is 3.48. The van der Waals surface area contributed by atoms with E-state index in [2.05, 4.69) is 19.2 Å². The van der Waals surface area contributed by atoms with Crippen LogP contribution in [0.15, 0.2) is 18.2 Å². The van der Waals surface area contributed by atoms with Crippen molar-refractivity contribution in [2.24, 2.45) is 11.3 Å². The molecule has 0 aromatic heterocycles. The van der Waals surface area contributed by atoms with E-state index >= 15 is 0 Å². The van der Waals surface area contributed by atoms with Crippen molar-refractivity contribution in [2.45, 2.75) is 39.3 Å². The number of anilines is 1. The Morgan fingerprint density at radius 2 is 2.17 bits per heavy atom. The van der Waals surface area contributed by atoms with E-state index in [0.717, 1.165) is 18.7 Å². The van der Waals surface area contributed by atoms with Crippen molar-refractivity contribution in [3.05, 3.63) is 29.6 Å². The van der Waals surface area contributed by atoms with Crippen LogP contribution < -0.4 is 5.32 Å². The molecule has 1 aromatic rings. The van der Waals surface area contributed by atoms with Crippen LogP contribution in [0.5, 0.6) is 0 Å². The minimum absolute atomic E-state index is 0.128. The van der Waals surface area contributed by atoms with Crippen molar-refractivity contribution in [1.82, 2.24) is 0 Å². The summed E-state index contributed by atoms with van der Waals surface area (Å²) in [6.07, 6.45) is 1.48. The molecule has 1 aromatic carbocycles. The molecular formula is C15H20FNO. The van der Waals surface area contributed by atoms with Gasteiger partial charge in [-0.2, -0.15) is 0 Å². The average molecular weight is 249 g/mol. The van der Waals surface area contributed by atoms with Crippen molar-refractivity contribution in [1.29, 1.82) is 0 Å². The highest BCUT2D eigenvalue weighted by Gasteiger charge is 2.59. The van der Waals surface area contributed by atoms with Crippen LogP contribution in [-0.4, -0.2) is 18.8 Å². The van der Waals surface area contributed by atoms with Crippen LogP contribution in [0.2, 0.25) is 0 Å². The van der Waals surface area contributed by atoms with Gasteiger partial charge in [-0.1, -0.05) is 19.9 Å². The van der Waals surface area contributed by atoms with E-state index in [-0.39, 0.29) is 11.2 Å². The lowest BCUT2D eigenvalue weighted by Gasteiger charge is -2.55. The largest absolute Gasteiger partial charge is 0.381 e. The van der Waals surface area contributed by atoms with E-state index in [1.807, 2.05) is 12.1 Å². The zero-order valence-electron chi connectivity index (χ0n) is 11.2. The van der Waals surface area contributed by atoms with E-state index in [0.29, 0.717) is 23.6 Å². The molecule has 1 heterocycles. The Morgan fingerprint density at radius 3 is 2.89 bits per heavy atom. The van der Waals surface area contributed by atoms with Gasteiger partial charge in [-0.15, -0.1) is 0 Å². The normalized spacial score (nSPS) is 32.8. The van der Waals surface area contributed by atoms with Gasteiger partial charge in [-0.3, -0.25) is 0 Å². The number of nitrogens with one attached hydrogen (secondary N) is 1. The number of hydrogen-bond donors (Lipinski definition) is 1. The highest BCUT2D eigenvalue weighted by atomic mass is 19.1. The number of ether oxygens (including phenoxy) is 1. The number of halogens is 1. The van der Waals surface area contributed by atoms with E-state index in [4.69, 9.17) is 4.74 Å². The number of benzene rings is 1. The van der Waals surface area contributed by atoms with Crippen LogP contribution in [0, 0.1) is 24.1 Å². The molecule has 2 fully saturated rings. The van der Waals surface area contributed by atoms with E-state index in [1.54, 1.807) is 13.0 Å².